The van der Waals surface area contributed by atoms with Gasteiger partial charge >= 0.3 is 0 Å². The molecule has 4 heterocycles. The lowest BCUT2D eigenvalue weighted by Crippen LogP contribution is -2.62. The van der Waals surface area contributed by atoms with E-state index in [1.165, 1.54) is 163 Å². The Morgan fingerprint density at radius 3 is 1.47 bits per heavy atom. The van der Waals surface area contributed by atoms with Crippen LogP contribution in [0.1, 0.15) is 166 Å². The molecule has 14 rings (SSSR count). The van der Waals surface area contributed by atoms with Crippen LogP contribution in [0.5, 0.6) is 0 Å². The monoisotopic (exact) mass is 991 g/mol. The summed E-state index contributed by atoms with van der Waals surface area (Å²) in [6.07, 6.45) is 7.16. The van der Waals surface area contributed by atoms with E-state index < -0.39 is 0 Å². The average molecular weight is 991 g/mol. The molecule has 2 aliphatic heterocycles. The normalized spacial score (nSPS) is 20.2. The second-order valence-electron chi connectivity index (χ2n) is 27.4. The van der Waals surface area contributed by atoms with Gasteiger partial charge in [0.2, 0.25) is 0 Å². The number of thiophene rings is 2. The van der Waals surface area contributed by atoms with E-state index in [1.807, 2.05) is 22.7 Å². The van der Waals surface area contributed by atoms with Crippen LogP contribution in [0.2, 0.25) is 0 Å². The summed E-state index contributed by atoms with van der Waals surface area (Å²) in [5, 5.41) is 5.50. The molecule has 0 bridgehead atoms. The highest BCUT2D eigenvalue weighted by atomic mass is 32.1. The maximum absolute atomic E-state index is 2.75. The largest absolute Gasteiger partial charge is 0.311 e. The van der Waals surface area contributed by atoms with E-state index in [0.29, 0.717) is 0 Å². The third-order valence-electron chi connectivity index (χ3n) is 19.8. The van der Waals surface area contributed by atoms with Gasteiger partial charge in [0.15, 0.2) is 0 Å². The lowest BCUT2D eigenvalue weighted by molar-refractivity contribution is 0.332. The summed E-state index contributed by atoms with van der Waals surface area (Å²) >= 11 is 3.96. The van der Waals surface area contributed by atoms with Crippen molar-refractivity contribution in [2.45, 2.75) is 168 Å². The van der Waals surface area contributed by atoms with E-state index in [1.54, 1.807) is 11.1 Å². The first-order valence-electron chi connectivity index (χ1n) is 27.5. The Labute approximate surface area is 442 Å². The first kappa shape index (κ1) is 46.2. The fourth-order valence-corrected chi connectivity index (χ4v) is 17.2. The van der Waals surface area contributed by atoms with Crippen molar-refractivity contribution in [2.24, 2.45) is 0 Å². The molecule has 0 unspecified atom stereocenters. The highest BCUT2D eigenvalue weighted by Gasteiger charge is 2.48. The number of hydrogen-bond acceptors (Lipinski definition) is 4. The molecule has 5 aliphatic rings. The molecule has 7 aromatic carbocycles. The smallest absolute Gasteiger partial charge is 0.252 e. The molecule has 0 saturated heterocycles. The summed E-state index contributed by atoms with van der Waals surface area (Å²) in [7, 11) is 0. The van der Waals surface area contributed by atoms with Crippen LogP contribution in [0.15, 0.2) is 103 Å². The summed E-state index contributed by atoms with van der Waals surface area (Å²) < 4.78 is 5.49. The zero-order chi connectivity index (χ0) is 50.8. The van der Waals surface area contributed by atoms with Crippen LogP contribution >= 0.6 is 22.7 Å². The molecule has 2 nitrogen and oxygen atoms in total. The van der Waals surface area contributed by atoms with Gasteiger partial charge < -0.3 is 9.80 Å². The van der Waals surface area contributed by atoms with Gasteiger partial charge in [0.1, 0.15) is 0 Å². The highest BCUT2D eigenvalue weighted by molar-refractivity contribution is 7.26. The summed E-state index contributed by atoms with van der Waals surface area (Å²) in [6, 6.07) is 42.4. The van der Waals surface area contributed by atoms with Crippen molar-refractivity contribution >= 4 is 120 Å². The molecule has 0 saturated carbocycles. The first-order valence-corrected chi connectivity index (χ1v) is 29.1. The number of hydrogen-bond donors (Lipinski definition) is 0. The maximum atomic E-state index is 2.75. The zero-order valence-electron chi connectivity index (χ0n) is 45.8. The highest BCUT2D eigenvalue weighted by Crippen LogP contribution is 2.56. The topological polar surface area (TPSA) is 6.48 Å². The Morgan fingerprint density at radius 2 is 0.836 bits per heavy atom. The number of rotatable bonds is 2. The Hall–Kier alpha value is -5.36. The van der Waals surface area contributed by atoms with Crippen LogP contribution in [0.4, 0.5) is 34.1 Å². The molecule has 9 aromatic rings. The number of nitrogens with zero attached hydrogens (tertiary/aromatic N) is 2. The van der Waals surface area contributed by atoms with Crippen LogP contribution in [0.25, 0.3) is 40.3 Å². The van der Waals surface area contributed by atoms with Gasteiger partial charge in [-0.2, -0.15) is 0 Å². The minimum absolute atomic E-state index is 0.0245. The minimum atomic E-state index is 0.0245. The van der Waals surface area contributed by atoms with Crippen molar-refractivity contribution < 1.29 is 0 Å². The lowest BCUT2D eigenvalue weighted by atomic mass is 9.33. The molecular weight excluding hydrogens is 920 g/mol. The van der Waals surface area contributed by atoms with Gasteiger partial charge in [0, 0.05) is 58.7 Å². The summed E-state index contributed by atoms with van der Waals surface area (Å²) in [5.74, 6) is 0. The van der Waals surface area contributed by atoms with Gasteiger partial charge in [-0.1, -0.05) is 132 Å². The maximum Gasteiger partial charge on any atom is 0.252 e. The van der Waals surface area contributed by atoms with Gasteiger partial charge in [0.05, 0.1) is 10.4 Å². The number of anilines is 6. The lowest BCUT2D eigenvalue weighted by Gasteiger charge is -2.48. The predicted molar refractivity (Wildman–Crippen MR) is 322 cm³/mol. The molecule has 0 fully saturated rings. The van der Waals surface area contributed by atoms with E-state index in [-0.39, 0.29) is 39.2 Å². The molecule has 0 atom stereocenters. The zero-order valence-corrected chi connectivity index (χ0v) is 47.5. The van der Waals surface area contributed by atoms with Crippen LogP contribution in [-0.2, 0) is 32.5 Å². The second-order valence-corrected chi connectivity index (χ2v) is 29.6. The third-order valence-corrected chi connectivity index (χ3v) is 22.1. The Bertz CT molecular complexity index is 3920. The second kappa shape index (κ2) is 14.7. The Balaban J connectivity index is 1.13. The molecule has 0 N–H and O–H groups in total. The molecule has 0 radical (unpaired) electrons. The van der Waals surface area contributed by atoms with Crippen molar-refractivity contribution in [3.8, 4) is 0 Å². The Morgan fingerprint density at radius 1 is 0.370 bits per heavy atom. The standard InChI is InChI=1S/C68H71BN2S2/c1-38-28-56-61-57(29-38)71(53-34-47-44(30-39(53)2)63(3,4)22-25-66(47,9)10)55-37-60-43(42-31-45-49(36-59(42)72-60)68(13,14)27-23-64(45,5)6)32-50(55)69(61)51-33-46-48(67(11,12)26-24-65(46,7)8)35-54(51)70(56)52-20-17-19-41-40-18-15-16-21-58(40)73-62(41)52/h15-21,28-37H,22-27H2,1-14H3. The van der Waals surface area contributed by atoms with E-state index in [4.69, 9.17) is 0 Å². The fourth-order valence-electron chi connectivity index (χ4n) is 14.9. The molecule has 0 amide bonds. The van der Waals surface area contributed by atoms with Crippen LogP contribution in [0, 0.1) is 13.8 Å². The molecule has 73 heavy (non-hydrogen) atoms. The van der Waals surface area contributed by atoms with Crippen molar-refractivity contribution in [1.82, 2.24) is 0 Å². The van der Waals surface area contributed by atoms with E-state index in [2.05, 4.69) is 210 Å². The Kier molecular flexibility index (Phi) is 9.32. The van der Waals surface area contributed by atoms with Crippen LogP contribution in [-0.4, -0.2) is 6.71 Å². The number of fused-ring (bicyclic) bond motifs is 13. The number of benzene rings is 7. The minimum Gasteiger partial charge on any atom is -0.311 e. The fraction of sp³-hybridized carbons (Fsp3) is 0.382. The third kappa shape index (κ3) is 6.40. The first-order chi connectivity index (χ1) is 34.4. The van der Waals surface area contributed by atoms with E-state index >= 15 is 0 Å². The molecular formula is C68H71BN2S2. The van der Waals surface area contributed by atoms with E-state index in [9.17, 15) is 0 Å². The van der Waals surface area contributed by atoms with Gasteiger partial charge in [-0.15, -0.1) is 22.7 Å². The van der Waals surface area contributed by atoms with Gasteiger partial charge in [-0.3, -0.25) is 0 Å². The molecule has 3 aliphatic carbocycles. The summed E-state index contributed by atoms with van der Waals surface area (Å²) in [5.41, 5.74) is 24.5. The molecule has 2 aromatic heterocycles. The van der Waals surface area contributed by atoms with E-state index in [0.717, 1.165) is 0 Å². The van der Waals surface area contributed by atoms with Crippen molar-refractivity contribution in [2.75, 3.05) is 9.80 Å². The molecule has 368 valence electrons. The van der Waals surface area contributed by atoms with Crippen molar-refractivity contribution in [3.63, 3.8) is 0 Å². The number of aryl methyl sites for hydroxylation is 2. The molecule has 0 spiro atoms. The average Bonchev–Trinajstić information content (AvgIpc) is 3.90. The van der Waals surface area contributed by atoms with Crippen LogP contribution < -0.4 is 26.2 Å². The van der Waals surface area contributed by atoms with Crippen molar-refractivity contribution in [1.29, 1.82) is 0 Å². The van der Waals surface area contributed by atoms with Gasteiger partial charge in [-0.05, 0) is 206 Å². The van der Waals surface area contributed by atoms with Gasteiger partial charge in [-0.25, -0.2) is 0 Å². The summed E-state index contributed by atoms with van der Waals surface area (Å²) in [6.45, 7) is 34.6. The predicted octanol–water partition coefficient (Wildman–Crippen LogP) is 18.2. The molecule has 5 heteroatoms. The van der Waals surface area contributed by atoms with Crippen LogP contribution in [0.3, 0.4) is 0 Å². The van der Waals surface area contributed by atoms with Gasteiger partial charge in [0.25, 0.3) is 6.71 Å². The SMILES string of the molecule is Cc1cc2c3c(c1)N(c1cccc4c1sc1ccccc14)c1cc4c(cc1B3c1cc3c(cc1N2c1cc2c(cc1C)C(C)(C)CCC2(C)C)sc1cc2c(cc13)C(C)(C)CCC2(C)C)C(C)(C)CCC4(C)C. The quantitative estimate of drug-likeness (QED) is 0.159. The summed E-state index contributed by atoms with van der Waals surface area (Å²) in [4.78, 5) is 5.48. The van der Waals surface area contributed by atoms with Crippen molar-refractivity contribution in [3.05, 3.63) is 148 Å².